The maximum Gasteiger partial charge on any atom is 0.358 e. The molecule has 0 spiro atoms. The van der Waals surface area contributed by atoms with Crippen molar-refractivity contribution in [2.75, 3.05) is 0 Å². The number of allylic oxidation sites excluding steroid dienone is 2. The molecule has 0 saturated heterocycles. The number of aromatic carboxylic acids is 1. The highest BCUT2D eigenvalue weighted by Gasteiger charge is 2.11. The second kappa shape index (κ2) is 4.84. The number of aromatic nitrogens is 1. The zero-order chi connectivity index (χ0) is 11.4. The zero-order valence-corrected chi connectivity index (χ0v) is 9.30. The van der Waals surface area contributed by atoms with E-state index in [1.165, 1.54) is 17.8 Å². The number of nitrogens with zero attached hydrogens (tertiary/aromatic N) is 1. The minimum absolute atomic E-state index is 0.0851. The topological polar surface area (TPSA) is 63.3 Å². The van der Waals surface area contributed by atoms with Gasteiger partial charge in [-0.3, -0.25) is 0 Å². The molecule has 0 aromatic carbocycles. The molecule has 1 N–H and O–H groups in total. The molecule has 1 aromatic heterocycles. The van der Waals surface area contributed by atoms with E-state index in [0.717, 1.165) is 10.5 Å². The van der Waals surface area contributed by atoms with Crippen molar-refractivity contribution in [3.05, 3.63) is 34.4 Å². The molecule has 0 amide bonds. The smallest absolute Gasteiger partial charge is 0.358 e. The van der Waals surface area contributed by atoms with E-state index in [1.54, 1.807) is 0 Å². The Morgan fingerprint density at radius 1 is 1.67 bits per heavy atom. The minimum Gasteiger partial charge on any atom is -0.476 e. The Balaban J connectivity index is 2.82. The fourth-order valence-corrected chi connectivity index (χ4v) is 1.30. The summed E-state index contributed by atoms with van der Waals surface area (Å²) in [4.78, 5) is 11.5. The lowest BCUT2D eigenvalue weighted by Crippen LogP contribution is -1.94. The van der Waals surface area contributed by atoms with Crippen LogP contribution in [0.25, 0.3) is 5.57 Å². The van der Waals surface area contributed by atoms with Gasteiger partial charge in [0.25, 0.3) is 0 Å². The second-order valence-electron chi connectivity index (χ2n) is 3.00. The van der Waals surface area contributed by atoms with Gasteiger partial charge in [0.15, 0.2) is 11.5 Å². The molecule has 80 valence electrons. The van der Waals surface area contributed by atoms with Gasteiger partial charge in [0.05, 0.1) is 0 Å². The second-order valence-corrected chi connectivity index (χ2v) is 4.17. The fourth-order valence-electron chi connectivity index (χ4n) is 0.809. The third-order valence-electron chi connectivity index (χ3n) is 1.55. The summed E-state index contributed by atoms with van der Waals surface area (Å²) < 4.78 is 4.88. The number of hydrogen-bond acceptors (Lipinski definition) is 4. The van der Waals surface area contributed by atoms with Crippen LogP contribution in [-0.4, -0.2) is 16.2 Å². The van der Waals surface area contributed by atoms with Crippen molar-refractivity contribution in [3.63, 3.8) is 0 Å². The van der Waals surface area contributed by atoms with Gasteiger partial charge in [0.2, 0.25) is 0 Å². The average Bonchev–Trinajstić information content (AvgIpc) is 2.62. The van der Waals surface area contributed by atoms with Crippen LogP contribution in [0.15, 0.2) is 27.5 Å². The third kappa shape index (κ3) is 3.28. The molecule has 0 fully saturated rings. The van der Waals surface area contributed by atoms with E-state index in [-0.39, 0.29) is 5.69 Å². The van der Waals surface area contributed by atoms with E-state index in [0.29, 0.717) is 5.76 Å². The number of hydrogen-bond donors (Lipinski definition) is 1. The first-order valence-corrected chi connectivity index (χ1v) is 5.08. The van der Waals surface area contributed by atoms with Crippen LogP contribution in [0.1, 0.15) is 30.1 Å². The van der Waals surface area contributed by atoms with Gasteiger partial charge >= 0.3 is 5.97 Å². The Morgan fingerprint density at radius 3 is 2.80 bits per heavy atom. The molecule has 0 aliphatic carbocycles. The number of carbonyl (C=O) groups is 1. The summed E-state index contributed by atoms with van der Waals surface area (Å²) in [5.74, 6) is -0.633. The predicted molar refractivity (Wildman–Crippen MR) is 59.5 cm³/mol. The normalized spacial score (nSPS) is 11.5. The van der Waals surface area contributed by atoms with Crippen LogP contribution in [0.2, 0.25) is 0 Å². The largest absolute Gasteiger partial charge is 0.476 e. The van der Waals surface area contributed by atoms with Crippen LogP contribution >= 0.6 is 11.8 Å². The summed E-state index contributed by atoms with van der Waals surface area (Å²) in [7, 11) is 0. The molecule has 0 atom stereocenters. The van der Waals surface area contributed by atoms with Crippen molar-refractivity contribution in [3.8, 4) is 0 Å². The van der Waals surface area contributed by atoms with Crippen LogP contribution in [0, 0.1) is 0 Å². The van der Waals surface area contributed by atoms with Crippen molar-refractivity contribution >= 4 is 23.3 Å². The monoisotopic (exact) mass is 225 g/mol. The molecule has 1 aromatic rings. The Bertz CT molecular complexity index is 420. The number of carboxylic acid groups (broad SMARTS) is 1. The summed E-state index contributed by atoms with van der Waals surface area (Å²) in [6.07, 6.45) is 0. The summed E-state index contributed by atoms with van der Waals surface area (Å²) in [6, 6.07) is 1.40. The lowest BCUT2D eigenvalue weighted by molar-refractivity contribution is 0.0685. The van der Waals surface area contributed by atoms with Crippen LogP contribution in [-0.2, 0) is 0 Å². The highest BCUT2D eigenvalue weighted by molar-refractivity contribution is 8.05. The molecular formula is C10H11NO3S. The van der Waals surface area contributed by atoms with E-state index in [9.17, 15) is 4.79 Å². The SMILES string of the molecule is C=C(C)S/C=C(\C)c1cc(C(=O)O)no1. The van der Waals surface area contributed by atoms with Gasteiger partial charge in [-0.15, -0.1) is 11.8 Å². The van der Waals surface area contributed by atoms with Gasteiger partial charge in [0.1, 0.15) is 0 Å². The lowest BCUT2D eigenvalue weighted by atomic mass is 10.2. The van der Waals surface area contributed by atoms with Gasteiger partial charge < -0.3 is 9.63 Å². The first-order chi connectivity index (χ1) is 7.00. The van der Waals surface area contributed by atoms with E-state index in [1.807, 2.05) is 19.3 Å². The molecule has 0 radical (unpaired) electrons. The molecule has 5 heteroatoms. The molecular weight excluding hydrogens is 214 g/mol. The maximum absolute atomic E-state index is 10.5. The quantitative estimate of drug-likeness (QED) is 0.853. The lowest BCUT2D eigenvalue weighted by Gasteiger charge is -1.94. The number of carboxylic acids is 1. The summed E-state index contributed by atoms with van der Waals surface area (Å²) >= 11 is 1.46. The third-order valence-corrected chi connectivity index (χ3v) is 2.43. The van der Waals surface area contributed by atoms with E-state index in [4.69, 9.17) is 9.63 Å². The maximum atomic E-state index is 10.5. The molecule has 4 nitrogen and oxygen atoms in total. The summed E-state index contributed by atoms with van der Waals surface area (Å²) in [6.45, 7) is 7.44. The standard InChI is InChI=1S/C10H11NO3S/c1-6(2)15-5-7(3)9-4-8(10(12)13)11-14-9/h4-5H,1H2,2-3H3,(H,12,13)/b7-5+. The zero-order valence-electron chi connectivity index (χ0n) is 8.48. The Hall–Kier alpha value is -1.49. The van der Waals surface area contributed by atoms with Crippen LogP contribution < -0.4 is 0 Å². The van der Waals surface area contributed by atoms with Gasteiger partial charge in [-0.25, -0.2) is 4.79 Å². The molecule has 0 saturated carbocycles. The Morgan fingerprint density at radius 2 is 2.33 bits per heavy atom. The molecule has 1 rings (SSSR count). The summed E-state index contributed by atoms with van der Waals surface area (Å²) in [5.41, 5.74) is 0.737. The minimum atomic E-state index is -1.09. The van der Waals surface area contributed by atoms with E-state index < -0.39 is 5.97 Å². The number of thioether (sulfide) groups is 1. The van der Waals surface area contributed by atoms with Crippen LogP contribution in [0.4, 0.5) is 0 Å². The highest BCUT2D eigenvalue weighted by atomic mass is 32.2. The predicted octanol–water partition coefficient (Wildman–Crippen LogP) is 3.00. The van der Waals surface area contributed by atoms with Crippen molar-refractivity contribution in [1.82, 2.24) is 5.16 Å². The van der Waals surface area contributed by atoms with Crippen molar-refractivity contribution in [2.24, 2.45) is 0 Å². The highest BCUT2D eigenvalue weighted by Crippen LogP contribution is 2.22. The van der Waals surface area contributed by atoms with Crippen molar-refractivity contribution in [2.45, 2.75) is 13.8 Å². The molecule has 0 aliphatic heterocycles. The van der Waals surface area contributed by atoms with E-state index in [2.05, 4.69) is 11.7 Å². The molecule has 1 heterocycles. The van der Waals surface area contributed by atoms with Crippen LogP contribution in [0.5, 0.6) is 0 Å². The first kappa shape index (κ1) is 11.6. The van der Waals surface area contributed by atoms with Crippen molar-refractivity contribution < 1.29 is 14.4 Å². The van der Waals surface area contributed by atoms with Crippen LogP contribution in [0.3, 0.4) is 0 Å². The Labute approximate surface area is 91.7 Å². The Kier molecular flexibility index (Phi) is 3.74. The first-order valence-electron chi connectivity index (χ1n) is 4.20. The fraction of sp³-hybridized carbons (Fsp3) is 0.200. The van der Waals surface area contributed by atoms with Gasteiger partial charge in [0, 0.05) is 11.6 Å². The van der Waals surface area contributed by atoms with Gasteiger partial charge in [-0.2, -0.15) is 0 Å². The molecule has 0 unspecified atom stereocenters. The van der Waals surface area contributed by atoms with Gasteiger partial charge in [-0.05, 0) is 24.2 Å². The molecule has 0 bridgehead atoms. The summed E-state index contributed by atoms with van der Waals surface area (Å²) in [5, 5.41) is 13.9. The molecule has 15 heavy (non-hydrogen) atoms. The van der Waals surface area contributed by atoms with Gasteiger partial charge in [-0.1, -0.05) is 11.7 Å². The van der Waals surface area contributed by atoms with Crippen molar-refractivity contribution in [1.29, 1.82) is 0 Å². The average molecular weight is 225 g/mol. The number of rotatable bonds is 4. The van der Waals surface area contributed by atoms with E-state index >= 15 is 0 Å². The molecule has 0 aliphatic rings.